The van der Waals surface area contributed by atoms with Crippen molar-refractivity contribution in [2.75, 3.05) is 24.5 Å². The maximum Gasteiger partial charge on any atom is 0.227 e. The van der Waals surface area contributed by atoms with Crippen LogP contribution in [0, 0.1) is 22.7 Å². The Kier molecular flexibility index (Phi) is 3.77. The third kappa shape index (κ3) is 2.79. The molecule has 1 atom stereocenters. The van der Waals surface area contributed by atoms with Gasteiger partial charge in [0, 0.05) is 43.1 Å². The van der Waals surface area contributed by atoms with Gasteiger partial charge in [-0.3, -0.25) is 9.59 Å². The summed E-state index contributed by atoms with van der Waals surface area (Å²) in [4.78, 5) is 28.7. The van der Waals surface area contributed by atoms with Gasteiger partial charge in [0.15, 0.2) is 0 Å². The second-order valence-corrected chi connectivity index (χ2v) is 7.65. The fraction of sp³-hybridized carbons (Fsp3) is 0.526. The number of hydrogen-bond donors (Lipinski definition) is 1. The number of carbonyl (C=O) groups excluding carboxylic acids is 2. The highest BCUT2D eigenvalue weighted by Gasteiger charge is 2.50. The van der Waals surface area contributed by atoms with Gasteiger partial charge < -0.3 is 14.9 Å². The molecule has 2 aliphatic heterocycles. The summed E-state index contributed by atoms with van der Waals surface area (Å²) in [6.45, 7) is 1.94. The Labute approximate surface area is 146 Å². The van der Waals surface area contributed by atoms with Gasteiger partial charge in [0.25, 0.3) is 0 Å². The van der Waals surface area contributed by atoms with Crippen molar-refractivity contribution in [3.8, 4) is 6.07 Å². The molecular weight excluding hydrogens is 318 g/mol. The second-order valence-electron chi connectivity index (χ2n) is 7.65. The van der Waals surface area contributed by atoms with Crippen LogP contribution in [0.5, 0.6) is 0 Å². The molecule has 1 N–H and O–H groups in total. The third-order valence-electron chi connectivity index (χ3n) is 5.84. The van der Waals surface area contributed by atoms with Crippen molar-refractivity contribution < 1.29 is 14.7 Å². The van der Waals surface area contributed by atoms with Crippen LogP contribution in [-0.4, -0.2) is 47.6 Å². The van der Waals surface area contributed by atoms with Gasteiger partial charge in [-0.1, -0.05) is 0 Å². The van der Waals surface area contributed by atoms with E-state index in [4.69, 9.17) is 5.26 Å². The summed E-state index contributed by atoms with van der Waals surface area (Å²) in [5.41, 5.74) is 1.22. The molecule has 0 aromatic heterocycles. The van der Waals surface area contributed by atoms with Crippen molar-refractivity contribution in [2.45, 2.75) is 31.8 Å². The lowest BCUT2D eigenvalue weighted by atomic mass is 9.81. The minimum absolute atomic E-state index is 0.0446. The van der Waals surface area contributed by atoms with E-state index in [2.05, 4.69) is 6.07 Å². The van der Waals surface area contributed by atoms with Gasteiger partial charge in [0.05, 0.1) is 17.7 Å². The van der Waals surface area contributed by atoms with Crippen molar-refractivity contribution in [1.29, 1.82) is 5.26 Å². The van der Waals surface area contributed by atoms with Crippen LogP contribution in [0.15, 0.2) is 24.3 Å². The number of nitriles is 1. The fourth-order valence-electron chi connectivity index (χ4n) is 4.29. The number of benzene rings is 1. The molecule has 1 unspecified atom stereocenters. The predicted octanol–water partition coefficient (Wildman–Crippen LogP) is 1.28. The van der Waals surface area contributed by atoms with Gasteiger partial charge in [-0.2, -0.15) is 5.26 Å². The summed E-state index contributed by atoms with van der Waals surface area (Å²) in [6.07, 6.45) is 2.11. The Bertz CT molecular complexity index is 748. The topological polar surface area (TPSA) is 84.6 Å². The molecule has 6 nitrogen and oxygen atoms in total. The van der Waals surface area contributed by atoms with Gasteiger partial charge in [-0.25, -0.2) is 0 Å². The molecule has 1 spiro atoms. The van der Waals surface area contributed by atoms with Crippen molar-refractivity contribution in [3.63, 3.8) is 0 Å². The zero-order chi connectivity index (χ0) is 17.6. The standard InChI is InChI=1S/C19H21N3O3/c20-10-13-1-3-15(4-2-13)22-12-19(9-17(22)24)5-6-21(11-19)18(25)14-7-16(23)8-14/h1-4,14,16,23H,5-9,11-12H2. The normalized spacial score (nSPS) is 31.3. The van der Waals surface area contributed by atoms with E-state index in [9.17, 15) is 14.7 Å². The summed E-state index contributed by atoms with van der Waals surface area (Å²) in [6, 6.07) is 9.14. The lowest BCUT2D eigenvalue weighted by Crippen LogP contribution is -2.43. The third-order valence-corrected chi connectivity index (χ3v) is 5.84. The molecule has 3 aliphatic rings. The lowest BCUT2D eigenvalue weighted by molar-refractivity contribution is -0.141. The largest absolute Gasteiger partial charge is 0.393 e. The Morgan fingerprint density at radius 3 is 2.60 bits per heavy atom. The molecule has 3 fully saturated rings. The van der Waals surface area contributed by atoms with E-state index in [0.717, 1.165) is 12.1 Å². The van der Waals surface area contributed by atoms with E-state index in [1.54, 1.807) is 17.0 Å². The molecule has 2 saturated heterocycles. The van der Waals surface area contributed by atoms with E-state index in [1.807, 2.05) is 17.0 Å². The Balaban J connectivity index is 1.44. The highest BCUT2D eigenvalue weighted by atomic mass is 16.3. The lowest BCUT2D eigenvalue weighted by Gasteiger charge is -2.34. The van der Waals surface area contributed by atoms with Crippen LogP contribution in [0.4, 0.5) is 5.69 Å². The predicted molar refractivity (Wildman–Crippen MR) is 90.5 cm³/mol. The Morgan fingerprint density at radius 2 is 1.96 bits per heavy atom. The number of likely N-dealkylation sites (tertiary alicyclic amines) is 1. The molecular formula is C19H21N3O3. The molecule has 1 aromatic rings. The average Bonchev–Trinajstić information content (AvgIpc) is 3.15. The summed E-state index contributed by atoms with van der Waals surface area (Å²) in [5.74, 6) is 0.168. The quantitative estimate of drug-likeness (QED) is 0.880. The van der Waals surface area contributed by atoms with Crippen LogP contribution in [0.1, 0.15) is 31.2 Å². The Morgan fingerprint density at radius 1 is 1.24 bits per heavy atom. The number of amides is 2. The molecule has 1 aromatic carbocycles. The van der Waals surface area contributed by atoms with Crippen LogP contribution < -0.4 is 4.90 Å². The van der Waals surface area contributed by atoms with Gasteiger partial charge >= 0.3 is 0 Å². The number of hydrogen-bond acceptors (Lipinski definition) is 4. The second kappa shape index (κ2) is 5.85. The first-order valence-electron chi connectivity index (χ1n) is 8.77. The fourth-order valence-corrected chi connectivity index (χ4v) is 4.29. The van der Waals surface area contributed by atoms with Crippen molar-refractivity contribution in [1.82, 2.24) is 4.90 Å². The highest BCUT2D eigenvalue weighted by Crippen LogP contribution is 2.43. The minimum Gasteiger partial charge on any atom is -0.393 e. The van der Waals surface area contributed by atoms with E-state index in [1.165, 1.54) is 0 Å². The number of aliphatic hydroxyl groups is 1. The first kappa shape index (κ1) is 16.1. The van der Waals surface area contributed by atoms with Crippen molar-refractivity contribution in [3.05, 3.63) is 29.8 Å². The minimum atomic E-state index is -0.328. The van der Waals surface area contributed by atoms with E-state index < -0.39 is 0 Å². The molecule has 4 rings (SSSR count). The first-order chi connectivity index (χ1) is 12.0. The molecule has 1 aliphatic carbocycles. The molecule has 2 heterocycles. The van der Waals surface area contributed by atoms with Gasteiger partial charge in [-0.05, 0) is 43.5 Å². The van der Waals surface area contributed by atoms with Crippen LogP contribution in [-0.2, 0) is 9.59 Å². The maximum absolute atomic E-state index is 12.5. The van der Waals surface area contributed by atoms with Gasteiger partial charge in [0.2, 0.25) is 11.8 Å². The average molecular weight is 339 g/mol. The van der Waals surface area contributed by atoms with Gasteiger partial charge in [0.1, 0.15) is 0 Å². The van der Waals surface area contributed by atoms with Crippen LogP contribution in [0.3, 0.4) is 0 Å². The molecule has 130 valence electrons. The van der Waals surface area contributed by atoms with Crippen molar-refractivity contribution in [2.24, 2.45) is 11.3 Å². The molecule has 0 bridgehead atoms. The summed E-state index contributed by atoms with van der Waals surface area (Å²) < 4.78 is 0. The molecule has 0 radical (unpaired) electrons. The van der Waals surface area contributed by atoms with Crippen LogP contribution in [0.2, 0.25) is 0 Å². The van der Waals surface area contributed by atoms with Crippen LogP contribution >= 0.6 is 0 Å². The van der Waals surface area contributed by atoms with E-state index in [0.29, 0.717) is 44.5 Å². The number of nitrogens with zero attached hydrogens (tertiary/aromatic N) is 3. The number of anilines is 1. The molecule has 6 heteroatoms. The highest BCUT2D eigenvalue weighted by molar-refractivity contribution is 5.96. The molecule has 25 heavy (non-hydrogen) atoms. The van der Waals surface area contributed by atoms with Crippen LogP contribution in [0.25, 0.3) is 0 Å². The van der Waals surface area contributed by atoms with Gasteiger partial charge in [-0.15, -0.1) is 0 Å². The number of rotatable bonds is 2. The molecule has 2 amide bonds. The SMILES string of the molecule is N#Cc1ccc(N2CC3(CCN(C(=O)C4CC(O)C4)C3)CC2=O)cc1. The zero-order valence-electron chi connectivity index (χ0n) is 14.0. The number of aliphatic hydroxyl groups excluding tert-OH is 1. The summed E-state index contributed by atoms with van der Waals surface area (Å²) >= 11 is 0. The smallest absolute Gasteiger partial charge is 0.227 e. The zero-order valence-corrected chi connectivity index (χ0v) is 14.0. The first-order valence-corrected chi connectivity index (χ1v) is 8.77. The number of carbonyl (C=O) groups is 2. The Hall–Kier alpha value is -2.39. The van der Waals surface area contributed by atoms with E-state index in [-0.39, 0.29) is 29.3 Å². The summed E-state index contributed by atoms with van der Waals surface area (Å²) in [5, 5.41) is 18.3. The molecule has 1 saturated carbocycles. The maximum atomic E-state index is 12.5. The summed E-state index contributed by atoms with van der Waals surface area (Å²) in [7, 11) is 0. The van der Waals surface area contributed by atoms with Crippen molar-refractivity contribution >= 4 is 17.5 Å². The monoisotopic (exact) mass is 339 g/mol. The van der Waals surface area contributed by atoms with E-state index >= 15 is 0 Å².